The van der Waals surface area contributed by atoms with Crippen LogP contribution in [0.4, 0.5) is 10.6 Å². The van der Waals surface area contributed by atoms with Crippen molar-refractivity contribution in [3.63, 3.8) is 0 Å². The molecule has 0 unspecified atom stereocenters. The zero-order valence-corrected chi connectivity index (χ0v) is 21.1. The first-order valence-corrected chi connectivity index (χ1v) is 12.3. The molecule has 0 aliphatic heterocycles. The smallest absolute Gasteiger partial charge is 0.337 e. The Morgan fingerprint density at radius 2 is 1.86 bits per heavy atom. The van der Waals surface area contributed by atoms with Crippen LogP contribution in [0.1, 0.15) is 36.8 Å². The minimum Gasteiger partial charge on any atom is -0.478 e. The predicted molar refractivity (Wildman–Crippen MR) is 136 cm³/mol. The maximum Gasteiger partial charge on any atom is 0.337 e. The molecule has 0 bridgehead atoms. The molecule has 0 radical (unpaired) electrons. The second kappa shape index (κ2) is 12.2. The number of carbonyl (C=O) groups is 2. The van der Waals surface area contributed by atoms with Gasteiger partial charge < -0.3 is 20.1 Å². The van der Waals surface area contributed by atoms with Gasteiger partial charge in [-0.2, -0.15) is 0 Å². The van der Waals surface area contributed by atoms with Crippen molar-refractivity contribution in [2.45, 2.75) is 27.7 Å². The van der Waals surface area contributed by atoms with Crippen LogP contribution in [0.2, 0.25) is 0 Å². The highest BCUT2D eigenvalue weighted by Crippen LogP contribution is 2.38. The van der Waals surface area contributed by atoms with Crippen LogP contribution >= 0.6 is 11.3 Å². The lowest BCUT2D eigenvalue weighted by Gasteiger charge is -2.19. The number of aromatic carboxylic acids is 1. The van der Waals surface area contributed by atoms with E-state index in [-0.39, 0.29) is 11.6 Å². The Bertz CT molecular complexity index is 1180. The van der Waals surface area contributed by atoms with Gasteiger partial charge in [-0.1, -0.05) is 13.8 Å². The fraction of sp³-hybridized carbons (Fsp3) is 0.375. The molecule has 0 aliphatic rings. The van der Waals surface area contributed by atoms with Crippen LogP contribution in [0.15, 0.2) is 29.9 Å². The van der Waals surface area contributed by atoms with E-state index >= 15 is 0 Å². The van der Waals surface area contributed by atoms with Crippen molar-refractivity contribution < 1.29 is 19.4 Å². The highest BCUT2D eigenvalue weighted by molar-refractivity contribution is 7.13. The van der Waals surface area contributed by atoms with Gasteiger partial charge in [0.15, 0.2) is 0 Å². The van der Waals surface area contributed by atoms with Crippen LogP contribution in [0.25, 0.3) is 21.7 Å². The first-order chi connectivity index (χ1) is 16.9. The van der Waals surface area contributed by atoms with Crippen molar-refractivity contribution in [1.82, 2.24) is 25.2 Å². The Labute approximate surface area is 208 Å². The fourth-order valence-electron chi connectivity index (χ4n) is 3.40. The van der Waals surface area contributed by atoms with Gasteiger partial charge in [-0.3, -0.25) is 5.32 Å². The van der Waals surface area contributed by atoms with Crippen molar-refractivity contribution in [3.05, 3.63) is 41.2 Å². The molecule has 3 aromatic heterocycles. The second-order valence-corrected chi connectivity index (χ2v) is 8.51. The number of anilines is 1. The molecule has 10 nitrogen and oxygen atoms in total. The number of nitrogens with zero attached hydrogens (tertiary/aromatic N) is 4. The van der Waals surface area contributed by atoms with E-state index in [1.54, 1.807) is 12.3 Å². The SMILES string of the molecule is CCNC(=O)Nc1cc(-c2nc(C)cs2)c(-c2cc(C(=O)O)cnc2OCCN(CC)CC)cn1. The summed E-state index contributed by atoms with van der Waals surface area (Å²) in [7, 11) is 0. The highest BCUT2D eigenvalue weighted by atomic mass is 32.1. The average molecular weight is 499 g/mol. The second-order valence-electron chi connectivity index (χ2n) is 7.65. The Morgan fingerprint density at radius 3 is 2.49 bits per heavy atom. The van der Waals surface area contributed by atoms with Crippen LogP contribution in [0.5, 0.6) is 5.88 Å². The zero-order chi connectivity index (χ0) is 25.4. The summed E-state index contributed by atoms with van der Waals surface area (Å²) in [6.07, 6.45) is 2.86. The van der Waals surface area contributed by atoms with Gasteiger partial charge in [-0.25, -0.2) is 24.5 Å². The molecular weight excluding hydrogens is 468 g/mol. The van der Waals surface area contributed by atoms with Crippen molar-refractivity contribution in [3.8, 4) is 27.6 Å². The molecule has 3 N–H and O–H groups in total. The number of hydrogen-bond acceptors (Lipinski definition) is 8. The van der Waals surface area contributed by atoms with E-state index < -0.39 is 5.97 Å². The molecule has 0 spiro atoms. The maximum absolute atomic E-state index is 12.0. The van der Waals surface area contributed by atoms with E-state index in [0.29, 0.717) is 53.1 Å². The molecule has 3 rings (SSSR count). The van der Waals surface area contributed by atoms with Gasteiger partial charge in [0.1, 0.15) is 17.4 Å². The van der Waals surface area contributed by atoms with E-state index in [2.05, 4.69) is 44.3 Å². The summed E-state index contributed by atoms with van der Waals surface area (Å²) in [5.41, 5.74) is 2.66. The van der Waals surface area contributed by atoms with Crippen LogP contribution in [0, 0.1) is 6.92 Å². The number of carboxylic acids is 1. The van der Waals surface area contributed by atoms with E-state index in [1.165, 1.54) is 23.6 Å². The number of likely N-dealkylation sites (N-methyl/N-ethyl adjacent to an activating group) is 1. The first-order valence-electron chi connectivity index (χ1n) is 11.4. The third kappa shape index (κ3) is 6.74. The molecule has 0 aromatic carbocycles. The Hall–Kier alpha value is -3.57. The summed E-state index contributed by atoms with van der Waals surface area (Å²) in [4.78, 5) is 39.3. The molecule has 0 fully saturated rings. The summed E-state index contributed by atoms with van der Waals surface area (Å²) in [5.74, 6) is -0.445. The van der Waals surface area contributed by atoms with Gasteiger partial charge in [-0.15, -0.1) is 11.3 Å². The molecule has 35 heavy (non-hydrogen) atoms. The lowest BCUT2D eigenvalue weighted by Crippen LogP contribution is -2.28. The number of pyridine rings is 2. The van der Waals surface area contributed by atoms with Crippen LogP contribution in [-0.2, 0) is 0 Å². The lowest BCUT2D eigenvalue weighted by molar-refractivity contribution is 0.0696. The third-order valence-electron chi connectivity index (χ3n) is 5.26. The summed E-state index contributed by atoms with van der Waals surface area (Å²) >= 11 is 1.44. The normalized spacial score (nSPS) is 10.9. The molecule has 3 heterocycles. The Balaban J connectivity index is 2.07. The number of rotatable bonds is 11. The molecule has 0 saturated heterocycles. The number of thiazole rings is 1. The Kier molecular flexibility index (Phi) is 9.10. The number of aryl methyl sites for hydroxylation is 1. The Morgan fingerprint density at radius 1 is 1.09 bits per heavy atom. The number of hydrogen-bond donors (Lipinski definition) is 3. The van der Waals surface area contributed by atoms with Crippen molar-refractivity contribution in [2.75, 3.05) is 38.1 Å². The standard InChI is InChI=1S/C24H30N6O4S/c1-5-25-24(33)29-20-11-18(22-28-15(4)14-35-22)19(13-26-20)17-10-16(23(31)32)12-27-21(17)34-9-8-30(6-2)7-3/h10-14H,5-9H2,1-4H3,(H,31,32)(H2,25,26,29,33). The van der Waals surface area contributed by atoms with Gasteiger partial charge >= 0.3 is 12.0 Å². The van der Waals surface area contributed by atoms with Crippen molar-refractivity contribution in [2.24, 2.45) is 0 Å². The summed E-state index contributed by atoms with van der Waals surface area (Å²) in [6.45, 7) is 11.3. The predicted octanol–water partition coefficient (Wildman–Crippen LogP) is 4.14. The molecular formula is C24H30N6O4S. The minimum atomic E-state index is -1.09. The highest BCUT2D eigenvalue weighted by Gasteiger charge is 2.20. The maximum atomic E-state index is 12.0. The first kappa shape index (κ1) is 26.0. The van der Waals surface area contributed by atoms with E-state index in [4.69, 9.17) is 4.74 Å². The average Bonchev–Trinajstić information content (AvgIpc) is 3.28. The third-order valence-corrected chi connectivity index (χ3v) is 6.25. The number of amides is 2. The number of nitrogens with one attached hydrogen (secondary N) is 2. The zero-order valence-electron chi connectivity index (χ0n) is 20.3. The van der Waals surface area contributed by atoms with Crippen LogP contribution in [-0.4, -0.2) is 69.7 Å². The van der Waals surface area contributed by atoms with Crippen molar-refractivity contribution in [1.29, 1.82) is 0 Å². The number of carbonyl (C=O) groups excluding carboxylic acids is 1. The lowest BCUT2D eigenvalue weighted by atomic mass is 10.0. The number of carboxylic acid groups (broad SMARTS) is 1. The monoisotopic (exact) mass is 498 g/mol. The summed E-state index contributed by atoms with van der Waals surface area (Å²) < 4.78 is 6.01. The van der Waals surface area contributed by atoms with Crippen LogP contribution < -0.4 is 15.4 Å². The van der Waals surface area contributed by atoms with Gasteiger partial charge in [0.25, 0.3) is 0 Å². The van der Waals surface area contributed by atoms with Gasteiger partial charge in [-0.05, 0) is 39.1 Å². The molecule has 3 aromatic rings. The van der Waals surface area contributed by atoms with Crippen molar-refractivity contribution >= 4 is 29.2 Å². The summed E-state index contributed by atoms with van der Waals surface area (Å²) in [5, 5.41) is 17.6. The minimum absolute atomic E-state index is 0.0295. The molecule has 2 amide bonds. The number of urea groups is 1. The van der Waals surface area contributed by atoms with E-state index in [9.17, 15) is 14.7 Å². The summed E-state index contributed by atoms with van der Waals surface area (Å²) in [6, 6.07) is 2.87. The number of aromatic nitrogens is 3. The van der Waals surface area contributed by atoms with Gasteiger partial charge in [0.05, 0.1) is 5.56 Å². The molecule has 0 saturated carbocycles. The van der Waals surface area contributed by atoms with Gasteiger partial charge in [0.2, 0.25) is 5.88 Å². The topological polar surface area (TPSA) is 130 Å². The molecule has 0 atom stereocenters. The molecule has 11 heteroatoms. The number of ether oxygens (including phenoxy) is 1. The molecule has 0 aliphatic carbocycles. The van der Waals surface area contributed by atoms with Crippen LogP contribution in [0.3, 0.4) is 0 Å². The van der Waals surface area contributed by atoms with Gasteiger partial charge in [0, 0.05) is 53.2 Å². The fourth-order valence-corrected chi connectivity index (χ4v) is 4.23. The quantitative estimate of drug-likeness (QED) is 0.360. The largest absolute Gasteiger partial charge is 0.478 e. The molecule has 186 valence electrons. The van der Waals surface area contributed by atoms with E-state index in [0.717, 1.165) is 18.8 Å². The van der Waals surface area contributed by atoms with E-state index in [1.807, 2.05) is 19.2 Å².